The first-order valence-electron chi connectivity index (χ1n) is 19.9. The molecule has 0 atom stereocenters. The third-order valence-corrected chi connectivity index (χ3v) is 11.6. The van der Waals surface area contributed by atoms with Crippen molar-refractivity contribution in [3.05, 3.63) is 130 Å². The van der Waals surface area contributed by atoms with Crippen LogP contribution >= 0.6 is 0 Å². The zero-order valence-electron chi connectivity index (χ0n) is 33.8. The molecule has 2 aliphatic heterocycles. The third-order valence-electron chi connectivity index (χ3n) is 11.6. The van der Waals surface area contributed by atoms with Crippen molar-refractivity contribution in [1.29, 1.82) is 0 Å². The number of imide groups is 1. The summed E-state index contributed by atoms with van der Waals surface area (Å²) in [7, 11) is 3.51. The highest BCUT2D eigenvalue weighted by molar-refractivity contribution is 6.05. The van der Waals surface area contributed by atoms with Crippen LogP contribution in [0.15, 0.2) is 95.9 Å². The van der Waals surface area contributed by atoms with E-state index in [-0.39, 0.29) is 42.4 Å². The zero-order valence-corrected chi connectivity index (χ0v) is 33.8. The van der Waals surface area contributed by atoms with E-state index >= 15 is 0 Å². The fraction of sp³-hybridized carbons (Fsp3) is 0.283. The minimum atomic E-state index is -2.76. The summed E-state index contributed by atoms with van der Waals surface area (Å²) in [6.45, 7) is 4.56. The maximum Gasteiger partial charge on any atom is 0.333 e. The maximum atomic E-state index is 14.9. The Kier molecular flexibility index (Phi) is 10.8. The summed E-state index contributed by atoms with van der Waals surface area (Å²) in [5.41, 5.74) is 9.07. The Balaban J connectivity index is 0.972. The number of aromatic nitrogens is 3. The van der Waals surface area contributed by atoms with Gasteiger partial charge in [0.2, 0.25) is 5.91 Å². The molecule has 2 N–H and O–H groups in total. The summed E-state index contributed by atoms with van der Waals surface area (Å²) >= 11 is 0. The van der Waals surface area contributed by atoms with Gasteiger partial charge in [0.15, 0.2) is 0 Å². The lowest BCUT2D eigenvalue weighted by atomic mass is 9.91. The first-order valence-corrected chi connectivity index (χ1v) is 19.9. The first-order chi connectivity index (χ1) is 28.8. The molecule has 308 valence electrons. The van der Waals surface area contributed by atoms with Crippen LogP contribution in [0.4, 0.5) is 30.6 Å². The molecule has 1 fully saturated rings. The third kappa shape index (κ3) is 7.31. The van der Waals surface area contributed by atoms with E-state index < -0.39 is 31.0 Å². The van der Waals surface area contributed by atoms with Crippen LogP contribution in [0.3, 0.4) is 0 Å². The van der Waals surface area contributed by atoms with Gasteiger partial charge in [-0.2, -0.15) is 0 Å². The van der Waals surface area contributed by atoms with Gasteiger partial charge >= 0.3 is 11.7 Å². The average Bonchev–Trinajstić information content (AvgIpc) is 3.48. The molecule has 1 saturated heterocycles. The second-order valence-corrected chi connectivity index (χ2v) is 15.6. The summed E-state index contributed by atoms with van der Waals surface area (Å²) < 4.78 is 33.0. The Labute approximate surface area is 345 Å². The molecular weight excluding hydrogens is 769 g/mol. The predicted molar refractivity (Wildman–Crippen MR) is 227 cm³/mol. The average molecular weight is 814 g/mol. The Hall–Kier alpha value is -6.67. The molecule has 2 aromatic heterocycles. The number of hydrogen-bond acceptors (Lipinski definition) is 7. The van der Waals surface area contributed by atoms with E-state index in [0.717, 1.165) is 55.9 Å². The number of nitrogens with zero attached hydrogens (tertiary/aromatic N) is 6. The van der Waals surface area contributed by atoms with Crippen molar-refractivity contribution in [3.63, 3.8) is 0 Å². The van der Waals surface area contributed by atoms with E-state index in [9.17, 15) is 33.1 Å². The van der Waals surface area contributed by atoms with Crippen LogP contribution in [0.5, 0.6) is 0 Å². The molecule has 0 radical (unpaired) electrons. The van der Waals surface area contributed by atoms with Crippen LogP contribution in [0, 0.1) is 0 Å². The minimum Gasteiger partial charge on any atom is -0.376 e. The largest absolute Gasteiger partial charge is 0.376 e. The molecule has 0 bridgehead atoms. The molecule has 4 aromatic carbocycles. The van der Waals surface area contributed by atoms with Gasteiger partial charge in [-0.3, -0.25) is 28.6 Å². The van der Waals surface area contributed by atoms with E-state index in [1.165, 1.54) is 17.2 Å². The molecule has 6 aromatic rings. The molecule has 0 unspecified atom stereocenters. The van der Waals surface area contributed by atoms with Crippen LogP contribution in [-0.4, -0.2) is 61.8 Å². The van der Waals surface area contributed by atoms with Crippen molar-refractivity contribution >= 4 is 45.9 Å². The number of aryl methyl sites for hydroxylation is 3. The maximum absolute atomic E-state index is 14.9. The molecule has 60 heavy (non-hydrogen) atoms. The van der Waals surface area contributed by atoms with Crippen molar-refractivity contribution < 1.29 is 28.3 Å². The number of amides is 4. The summed E-state index contributed by atoms with van der Waals surface area (Å²) in [5.74, 6) is -0.702. The van der Waals surface area contributed by atoms with Crippen molar-refractivity contribution in [1.82, 2.24) is 24.3 Å². The molecule has 0 spiro atoms. The zero-order chi connectivity index (χ0) is 42.4. The molecule has 4 amide bonds. The number of pyridine rings is 1. The van der Waals surface area contributed by atoms with Crippen molar-refractivity contribution in [2.75, 3.05) is 29.6 Å². The molecule has 0 aliphatic carbocycles. The summed E-state index contributed by atoms with van der Waals surface area (Å²) in [5, 5.41) is 12.4. The number of halogens is 2. The van der Waals surface area contributed by atoms with E-state index in [0.29, 0.717) is 35.5 Å². The second-order valence-electron chi connectivity index (χ2n) is 15.6. The molecule has 14 heteroatoms. The number of aliphatic hydroxyl groups is 1. The lowest BCUT2D eigenvalue weighted by molar-refractivity contribution is -0.131. The normalized spacial score (nSPS) is 14.4. The summed E-state index contributed by atoms with van der Waals surface area (Å²) in [6, 6.07) is 25.0. The number of aliphatic hydroxyl groups excluding tert-OH is 1. The van der Waals surface area contributed by atoms with Crippen LogP contribution in [0.1, 0.15) is 71.8 Å². The quantitative estimate of drug-likeness (QED) is 0.144. The van der Waals surface area contributed by atoms with Gasteiger partial charge in [0.25, 0.3) is 12.3 Å². The molecule has 0 saturated carbocycles. The van der Waals surface area contributed by atoms with Crippen LogP contribution in [0.25, 0.3) is 33.3 Å². The van der Waals surface area contributed by atoms with E-state index in [1.54, 1.807) is 41.4 Å². The van der Waals surface area contributed by atoms with E-state index in [1.807, 2.05) is 54.6 Å². The topological polar surface area (TPSA) is 133 Å². The number of imidazole rings is 1. The smallest absolute Gasteiger partial charge is 0.333 e. The fourth-order valence-corrected chi connectivity index (χ4v) is 8.31. The number of anilines is 3. The van der Waals surface area contributed by atoms with Crippen molar-refractivity contribution in [3.8, 4) is 22.3 Å². The number of fused-ring (bicyclic) bond motifs is 2. The van der Waals surface area contributed by atoms with Crippen LogP contribution in [-0.2, 0) is 31.9 Å². The van der Waals surface area contributed by atoms with Crippen LogP contribution < -0.4 is 20.8 Å². The SMILES string of the molecule is CC(C)c1cc(N2CCCc3cc(-c4ccc(C(=O)NCc5ccc(-c6cccc(N7CCC(=O)N(CO)C7=O)c6)cc5)nc4)c(C(F)F)cc32)cc2c1n(C)c(=O)n2C. The van der Waals surface area contributed by atoms with Gasteiger partial charge in [-0.25, -0.2) is 23.3 Å². The van der Waals surface area contributed by atoms with Gasteiger partial charge in [-0.15, -0.1) is 0 Å². The lowest BCUT2D eigenvalue weighted by Gasteiger charge is -2.33. The summed E-state index contributed by atoms with van der Waals surface area (Å²) in [4.78, 5) is 59.6. The number of carbonyl (C=O) groups is 3. The number of benzene rings is 4. The predicted octanol–water partition coefficient (Wildman–Crippen LogP) is 7.79. The Morgan fingerprint density at radius 1 is 0.817 bits per heavy atom. The summed E-state index contributed by atoms with van der Waals surface area (Å²) in [6.07, 6.45) is 0.331. The number of alkyl halides is 2. The Morgan fingerprint density at radius 3 is 2.28 bits per heavy atom. The van der Waals surface area contributed by atoms with Gasteiger partial charge < -0.3 is 15.3 Å². The number of carbonyl (C=O) groups excluding carboxylic acids is 3. The lowest BCUT2D eigenvalue weighted by Crippen LogP contribution is -2.52. The highest BCUT2D eigenvalue weighted by atomic mass is 19.3. The van der Waals surface area contributed by atoms with E-state index in [2.05, 4.69) is 35.1 Å². The molecule has 4 heterocycles. The molecule has 12 nitrogen and oxygen atoms in total. The van der Waals surface area contributed by atoms with Gasteiger partial charge in [-0.05, 0) is 94.6 Å². The number of rotatable bonds is 10. The standard InChI is InChI=1S/C46H45F2N7O5/c1-27(2)35-21-34(22-40-42(35)52(4)45(59)51(40)3)53-17-6-8-31-20-36(37(43(47)48)23-39(31)53)32-14-15-38(49-25-32)44(58)50-24-28-10-12-29(13-11-28)30-7-5-9-33(19-30)54-18-16-41(57)55(26-56)46(54)60/h5,7,9-15,19-23,25,27,43,56H,6,8,16-18,24,26H2,1-4H3,(H,50,58). The Morgan fingerprint density at radius 2 is 1.58 bits per heavy atom. The van der Waals surface area contributed by atoms with Crippen molar-refractivity contribution in [2.24, 2.45) is 14.1 Å². The van der Waals surface area contributed by atoms with E-state index in [4.69, 9.17) is 0 Å². The van der Waals surface area contributed by atoms with Crippen LogP contribution in [0.2, 0.25) is 0 Å². The number of nitrogens with one attached hydrogen (secondary N) is 1. The van der Waals surface area contributed by atoms with Gasteiger partial charge in [-0.1, -0.05) is 56.3 Å². The highest BCUT2D eigenvalue weighted by Gasteiger charge is 2.32. The first kappa shape index (κ1) is 40.1. The van der Waals surface area contributed by atoms with Gasteiger partial charge in [0.1, 0.15) is 12.4 Å². The monoisotopic (exact) mass is 813 g/mol. The molecule has 2 aliphatic rings. The Bertz CT molecular complexity index is 2710. The molecule has 8 rings (SSSR count). The van der Waals surface area contributed by atoms with Gasteiger partial charge in [0, 0.05) is 74.5 Å². The van der Waals surface area contributed by atoms with Crippen molar-refractivity contribution in [2.45, 2.75) is 52.0 Å². The minimum absolute atomic E-state index is 0.115. The number of hydrogen-bond donors (Lipinski definition) is 2. The fourth-order valence-electron chi connectivity index (χ4n) is 8.31. The molecular formula is C46H45F2N7O5. The number of urea groups is 1. The second kappa shape index (κ2) is 16.2. The van der Waals surface area contributed by atoms with Gasteiger partial charge in [0.05, 0.1) is 11.0 Å². The highest BCUT2D eigenvalue weighted by Crippen LogP contribution is 2.43.